The van der Waals surface area contributed by atoms with Gasteiger partial charge in [-0.1, -0.05) is 43.1 Å². The fourth-order valence-corrected chi connectivity index (χ4v) is 1.51. The van der Waals surface area contributed by atoms with Gasteiger partial charge >= 0.3 is 0 Å². The summed E-state index contributed by atoms with van der Waals surface area (Å²) in [5.74, 6) is 0. The molecule has 0 heteroatoms. The topological polar surface area (TPSA) is 0 Å². The third-order valence-corrected chi connectivity index (χ3v) is 2.21. The van der Waals surface area contributed by atoms with Crippen LogP contribution in [0.1, 0.15) is 46.0 Å². The summed E-state index contributed by atoms with van der Waals surface area (Å²) in [6, 6.07) is 0. The molecule has 11 heavy (non-hydrogen) atoms. The molecule has 0 nitrogen and oxygen atoms in total. The highest BCUT2D eigenvalue weighted by atomic mass is 14.1. The van der Waals surface area contributed by atoms with Gasteiger partial charge in [0.05, 0.1) is 0 Å². The van der Waals surface area contributed by atoms with E-state index in [9.17, 15) is 0 Å². The van der Waals surface area contributed by atoms with Crippen LogP contribution in [0.25, 0.3) is 0 Å². The first-order chi connectivity index (χ1) is 5.33. The van der Waals surface area contributed by atoms with Gasteiger partial charge in [0.25, 0.3) is 0 Å². The molecule has 1 aliphatic carbocycles. The minimum atomic E-state index is 1.24. The quantitative estimate of drug-likeness (QED) is 0.534. The van der Waals surface area contributed by atoms with Gasteiger partial charge in [0.1, 0.15) is 0 Å². The molecule has 0 aromatic rings. The first kappa shape index (κ1) is 8.58. The molecule has 0 N–H and O–H groups in total. The van der Waals surface area contributed by atoms with Crippen molar-refractivity contribution < 1.29 is 0 Å². The molecule has 0 radical (unpaired) electrons. The maximum Gasteiger partial charge on any atom is -0.0105 e. The van der Waals surface area contributed by atoms with Crippen LogP contribution in [0.4, 0.5) is 0 Å². The lowest BCUT2D eigenvalue weighted by Gasteiger charge is -2.00. The molecule has 0 bridgehead atoms. The molecule has 0 atom stereocenters. The van der Waals surface area contributed by atoms with Gasteiger partial charge in [-0.3, -0.25) is 0 Å². The van der Waals surface area contributed by atoms with Crippen molar-refractivity contribution in [2.24, 2.45) is 0 Å². The van der Waals surface area contributed by atoms with Crippen LogP contribution in [0, 0.1) is 0 Å². The predicted molar refractivity (Wildman–Crippen MR) is 50.6 cm³/mol. The maximum atomic E-state index is 2.30. The summed E-state index contributed by atoms with van der Waals surface area (Å²) in [5, 5.41) is 0. The molecule has 1 aliphatic rings. The van der Waals surface area contributed by atoms with E-state index in [-0.39, 0.29) is 0 Å². The van der Waals surface area contributed by atoms with Crippen molar-refractivity contribution in [1.82, 2.24) is 0 Å². The lowest BCUT2D eigenvalue weighted by molar-refractivity contribution is 0.707. The van der Waals surface area contributed by atoms with Crippen molar-refractivity contribution in [3.05, 3.63) is 23.3 Å². The van der Waals surface area contributed by atoms with Gasteiger partial charge in [-0.05, 0) is 26.2 Å². The zero-order valence-electron chi connectivity index (χ0n) is 7.69. The second kappa shape index (κ2) is 4.38. The van der Waals surface area contributed by atoms with E-state index in [1.807, 2.05) is 0 Å². The number of hydrogen-bond donors (Lipinski definition) is 0. The molecule has 0 aromatic heterocycles. The van der Waals surface area contributed by atoms with Crippen molar-refractivity contribution in [3.63, 3.8) is 0 Å². The molecule has 62 valence electrons. The van der Waals surface area contributed by atoms with Gasteiger partial charge in [0.15, 0.2) is 0 Å². The Hall–Kier alpha value is -0.520. The monoisotopic (exact) mass is 150 g/mol. The van der Waals surface area contributed by atoms with Crippen LogP contribution >= 0.6 is 0 Å². The van der Waals surface area contributed by atoms with Crippen molar-refractivity contribution in [2.45, 2.75) is 46.0 Å². The Morgan fingerprint density at radius 2 is 2.09 bits per heavy atom. The molecule has 0 heterocycles. The SMILES string of the molecule is CCCCCC1=CC=C(C)C1. The standard InChI is InChI=1S/C11H18/c1-3-4-5-6-11-8-7-10(2)9-11/h7-8H,3-6,9H2,1-2H3. The molecule has 0 spiro atoms. The molecule has 0 aliphatic heterocycles. The lowest BCUT2D eigenvalue weighted by atomic mass is 10.1. The second-order valence-corrected chi connectivity index (χ2v) is 3.47. The normalized spacial score (nSPS) is 16.5. The number of unbranched alkanes of at least 4 members (excludes halogenated alkanes) is 2. The lowest BCUT2D eigenvalue weighted by Crippen LogP contribution is -1.81. The van der Waals surface area contributed by atoms with Crippen molar-refractivity contribution in [3.8, 4) is 0 Å². The summed E-state index contributed by atoms with van der Waals surface area (Å²) in [7, 11) is 0. The Morgan fingerprint density at radius 3 is 2.64 bits per heavy atom. The van der Waals surface area contributed by atoms with Crippen LogP contribution in [0.2, 0.25) is 0 Å². The van der Waals surface area contributed by atoms with Crippen LogP contribution < -0.4 is 0 Å². The van der Waals surface area contributed by atoms with Crippen molar-refractivity contribution >= 4 is 0 Å². The first-order valence-corrected chi connectivity index (χ1v) is 4.68. The molecular formula is C11H18. The number of rotatable bonds is 4. The zero-order chi connectivity index (χ0) is 8.10. The Kier molecular flexibility index (Phi) is 3.41. The smallest absolute Gasteiger partial charge is 0.0105 e. The molecule has 0 unspecified atom stereocenters. The number of hydrogen-bond acceptors (Lipinski definition) is 0. The Labute approximate surface area is 70.0 Å². The van der Waals surface area contributed by atoms with E-state index in [0.29, 0.717) is 0 Å². The summed E-state index contributed by atoms with van der Waals surface area (Å²) >= 11 is 0. The summed E-state index contributed by atoms with van der Waals surface area (Å²) in [4.78, 5) is 0. The fourth-order valence-electron chi connectivity index (χ4n) is 1.51. The molecule has 0 saturated carbocycles. The average molecular weight is 150 g/mol. The van der Waals surface area contributed by atoms with Gasteiger partial charge in [0.2, 0.25) is 0 Å². The van der Waals surface area contributed by atoms with E-state index >= 15 is 0 Å². The molecular weight excluding hydrogens is 132 g/mol. The second-order valence-electron chi connectivity index (χ2n) is 3.47. The molecule has 0 aromatic carbocycles. The molecule has 0 saturated heterocycles. The average Bonchev–Trinajstić information content (AvgIpc) is 2.37. The minimum absolute atomic E-state index is 1.24. The summed E-state index contributed by atoms with van der Waals surface area (Å²) in [6.45, 7) is 4.47. The van der Waals surface area contributed by atoms with Crippen molar-refractivity contribution in [2.75, 3.05) is 0 Å². The van der Waals surface area contributed by atoms with Crippen LogP contribution in [-0.2, 0) is 0 Å². The third kappa shape index (κ3) is 2.92. The maximum absolute atomic E-state index is 2.30. The van der Waals surface area contributed by atoms with Gasteiger partial charge in [0, 0.05) is 0 Å². The summed E-state index contributed by atoms with van der Waals surface area (Å²) in [6.07, 6.45) is 11.2. The molecule has 1 rings (SSSR count). The summed E-state index contributed by atoms with van der Waals surface area (Å²) < 4.78 is 0. The van der Waals surface area contributed by atoms with E-state index in [4.69, 9.17) is 0 Å². The largest absolute Gasteiger partial charge is 0.0693 e. The highest BCUT2D eigenvalue weighted by molar-refractivity contribution is 5.28. The van der Waals surface area contributed by atoms with Gasteiger partial charge < -0.3 is 0 Å². The van der Waals surface area contributed by atoms with Crippen LogP contribution in [-0.4, -0.2) is 0 Å². The highest BCUT2D eigenvalue weighted by Gasteiger charge is 2.02. The minimum Gasteiger partial charge on any atom is -0.0693 e. The Bertz CT molecular complexity index is 172. The fraction of sp³-hybridized carbons (Fsp3) is 0.636. The Balaban J connectivity index is 2.11. The van der Waals surface area contributed by atoms with E-state index < -0.39 is 0 Å². The van der Waals surface area contributed by atoms with E-state index in [1.54, 1.807) is 5.57 Å². The van der Waals surface area contributed by atoms with Crippen LogP contribution in [0.3, 0.4) is 0 Å². The first-order valence-electron chi connectivity index (χ1n) is 4.68. The highest BCUT2D eigenvalue weighted by Crippen LogP contribution is 2.22. The molecule has 0 fully saturated rings. The molecule has 0 amide bonds. The van der Waals surface area contributed by atoms with E-state index in [2.05, 4.69) is 26.0 Å². The van der Waals surface area contributed by atoms with Gasteiger partial charge in [-0.25, -0.2) is 0 Å². The van der Waals surface area contributed by atoms with Gasteiger partial charge in [-0.2, -0.15) is 0 Å². The van der Waals surface area contributed by atoms with E-state index in [0.717, 1.165) is 0 Å². The number of allylic oxidation sites excluding steroid dienone is 4. The van der Waals surface area contributed by atoms with E-state index in [1.165, 1.54) is 37.7 Å². The van der Waals surface area contributed by atoms with Crippen molar-refractivity contribution in [1.29, 1.82) is 0 Å². The van der Waals surface area contributed by atoms with Crippen LogP contribution in [0.5, 0.6) is 0 Å². The third-order valence-electron chi connectivity index (χ3n) is 2.21. The predicted octanol–water partition coefficient (Wildman–Crippen LogP) is 3.84. The Morgan fingerprint density at radius 1 is 1.27 bits per heavy atom. The summed E-state index contributed by atoms with van der Waals surface area (Å²) in [5.41, 5.74) is 3.16. The zero-order valence-corrected chi connectivity index (χ0v) is 7.69. The van der Waals surface area contributed by atoms with Gasteiger partial charge in [-0.15, -0.1) is 0 Å². The van der Waals surface area contributed by atoms with Crippen LogP contribution in [0.15, 0.2) is 23.3 Å².